The summed E-state index contributed by atoms with van der Waals surface area (Å²) in [5.41, 5.74) is 3.25. The van der Waals surface area contributed by atoms with Gasteiger partial charge in [0.25, 0.3) is 0 Å². The molecule has 0 fully saturated rings. The molecule has 1 N–H and O–H groups in total. The first-order chi connectivity index (χ1) is 16.2. The fourth-order valence-corrected chi connectivity index (χ4v) is 4.05. The van der Waals surface area contributed by atoms with Gasteiger partial charge in [-0.2, -0.15) is 0 Å². The molecule has 0 spiro atoms. The molecule has 0 amide bonds. The monoisotopic (exact) mass is 460 g/mol. The van der Waals surface area contributed by atoms with Crippen LogP contribution in [0.4, 0.5) is 11.4 Å². The Labute approximate surface area is 199 Å². The summed E-state index contributed by atoms with van der Waals surface area (Å²) in [4.78, 5) is 15.5. The first kappa shape index (κ1) is 23.5. The molecule has 0 bridgehead atoms. The standard InChI is InChI=1S/C26H32N6O2/c1-7-31(8-2)20-14-11-18-15-21(25(33)34-22(18)16-20)23(27-19-12-9-17(3)10-13-19)24-28-29-30-32(24)26(4,5)6/h9-16,23,27H,7-8H2,1-6H3. The fraction of sp³-hybridized carbons (Fsp3) is 0.385. The third-order valence-corrected chi connectivity index (χ3v) is 5.94. The van der Waals surface area contributed by atoms with Crippen LogP contribution in [-0.4, -0.2) is 33.3 Å². The van der Waals surface area contributed by atoms with Crippen LogP contribution in [0.1, 0.15) is 57.6 Å². The van der Waals surface area contributed by atoms with Gasteiger partial charge in [0.15, 0.2) is 5.82 Å². The van der Waals surface area contributed by atoms with E-state index in [1.807, 2.05) is 70.2 Å². The zero-order valence-electron chi connectivity index (χ0n) is 20.7. The van der Waals surface area contributed by atoms with E-state index in [0.717, 1.165) is 35.4 Å². The van der Waals surface area contributed by atoms with Gasteiger partial charge in [0.05, 0.1) is 11.1 Å². The molecule has 0 aliphatic carbocycles. The van der Waals surface area contributed by atoms with Gasteiger partial charge in [0, 0.05) is 35.9 Å². The maximum atomic E-state index is 13.3. The maximum absolute atomic E-state index is 13.3. The third-order valence-electron chi connectivity index (χ3n) is 5.94. The molecule has 0 radical (unpaired) electrons. The summed E-state index contributed by atoms with van der Waals surface area (Å²) in [6.07, 6.45) is 0. The Balaban J connectivity index is 1.85. The van der Waals surface area contributed by atoms with Crippen LogP contribution >= 0.6 is 0 Å². The lowest BCUT2D eigenvalue weighted by Crippen LogP contribution is -2.31. The molecule has 1 atom stereocenters. The Morgan fingerprint density at radius 2 is 1.76 bits per heavy atom. The number of benzene rings is 2. The number of tetrazole rings is 1. The van der Waals surface area contributed by atoms with Gasteiger partial charge < -0.3 is 14.6 Å². The number of aromatic nitrogens is 4. The first-order valence-electron chi connectivity index (χ1n) is 11.7. The second-order valence-corrected chi connectivity index (χ2v) is 9.45. The van der Waals surface area contributed by atoms with Crippen LogP contribution < -0.4 is 15.8 Å². The van der Waals surface area contributed by atoms with Crippen LogP contribution in [-0.2, 0) is 5.54 Å². The second kappa shape index (κ2) is 9.29. The van der Waals surface area contributed by atoms with Gasteiger partial charge in [-0.1, -0.05) is 17.7 Å². The van der Waals surface area contributed by atoms with Crippen LogP contribution in [0.5, 0.6) is 0 Å². The van der Waals surface area contributed by atoms with E-state index >= 15 is 0 Å². The van der Waals surface area contributed by atoms with Crippen molar-refractivity contribution < 1.29 is 4.42 Å². The maximum Gasteiger partial charge on any atom is 0.342 e. The number of hydrogen-bond donors (Lipinski definition) is 1. The van der Waals surface area contributed by atoms with E-state index in [0.29, 0.717) is 17.0 Å². The van der Waals surface area contributed by atoms with Crippen molar-refractivity contribution in [1.82, 2.24) is 20.2 Å². The quantitative estimate of drug-likeness (QED) is 0.393. The van der Waals surface area contributed by atoms with Crippen molar-refractivity contribution in [2.75, 3.05) is 23.3 Å². The van der Waals surface area contributed by atoms with E-state index in [1.165, 1.54) is 0 Å². The Bertz CT molecular complexity index is 1330. The van der Waals surface area contributed by atoms with Gasteiger partial charge in [-0.3, -0.25) is 0 Å². The van der Waals surface area contributed by atoms with Gasteiger partial charge in [0.2, 0.25) is 0 Å². The Kier molecular flexibility index (Phi) is 6.41. The van der Waals surface area contributed by atoms with Crippen molar-refractivity contribution in [3.05, 3.63) is 75.9 Å². The van der Waals surface area contributed by atoms with Crippen molar-refractivity contribution in [2.24, 2.45) is 0 Å². The van der Waals surface area contributed by atoms with E-state index < -0.39 is 11.7 Å². The predicted molar refractivity (Wildman–Crippen MR) is 136 cm³/mol. The van der Waals surface area contributed by atoms with Gasteiger partial charge in [-0.05, 0) is 82.3 Å². The summed E-state index contributed by atoms with van der Waals surface area (Å²) in [5.74, 6) is 0.541. The molecule has 8 nitrogen and oxygen atoms in total. The lowest BCUT2D eigenvalue weighted by molar-refractivity contribution is 0.332. The summed E-state index contributed by atoms with van der Waals surface area (Å²) < 4.78 is 7.58. The number of aryl methyl sites for hydroxylation is 1. The number of hydrogen-bond acceptors (Lipinski definition) is 7. The van der Waals surface area contributed by atoms with E-state index in [2.05, 4.69) is 45.7 Å². The molecule has 0 saturated carbocycles. The fourth-order valence-electron chi connectivity index (χ4n) is 4.05. The van der Waals surface area contributed by atoms with E-state index in [1.54, 1.807) is 4.68 Å². The minimum atomic E-state index is -0.597. The van der Waals surface area contributed by atoms with Crippen LogP contribution in [0.15, 0.2) is 57.7 Å². The highest BCUT2D eigenvalue weighted by Gasteiger charge is 2.29. The molecule has 34 heavy (non-hydrogen) atoms. The highest BCUT2D eigenvalue weighted by molar-refractivity contribution is 5.81. The lowest BCUT2D eigenvalue weighted by Gasteiger charge is -2.25. The summed E-state index contributed by atoms with van der Waals surface area (Å²) >= 11 is 0. The molecular weight excluding hydrogens is 428 g/mol. The summed E-state index contributed by atoms with van der Waals surface area (Å²) in [6, 6.07) is 15.2. The molecule has 8 heteroatoms. The highest BCUT2D eigenvalue weighted by atomic mass is 16.4. The molecule has 178 valence electrons. The molecular formula is C26H32N6O2. The number of nitrogens with zero attached hydrogens (tertiary/aromatic N) is 5. The van der Waals surface area contributed by atoms with E-state index in [-0.39, 0.29) is 5.54 Å². The minimum absolute atomic E-state index is 0.373. The van der Waals surface area contributed by atoms with E-state index in [4.69, 9.17) is 4.42 Å². The van der Waals surface area contributed by atoms with Gasteiger partial charge >= 0.3 is 5.63 Å². The van der Waals surface area contributed by atoms with Gasteiger partial charge in [-0.15, -0.1) is 5.10 Å². The minimum Gasteiger partial charge on any atom is -0.422 e. The van der Waals surface area contributed by atoms with Crippen LogP contribution in [0.2, 0.25) is 0 Å². The van der Waals surface area contributed by atoms with E-state index in [9.17, 15) is 4.79 Å². The summed E-state index contributed by atoms with van der Waals surface area (Å²) in [6.45, 7) is 14.1. The van der Waals surface area contributed by atoms with Crippen molar-refractivity contribution in [3.8, 4) is 0 Å². The SMILES string of the molecule is CCN(CC)c1ccc2cc(C(Nc3ccc(C)cc3)c3nnnn3C(C)(C)C)c(=O)oc2c1. The number of fused-ring (bicyclic) bond motifs is 1. The van der Waals surface area contributed by atoms with Crippen molar-refractivity contribution in [2.45, 2.75) is 53.1 Å². The molecule has 0 aliphatic rings. The lowest BCUT2D eigenvalue weighted by atomic mass is 10.0. The first-order valence-corrected chi connectivity index (χ1v) is 11.7. The predicted octanol–water partition coefficient (Wildman–Crippen LogP) is 4.89. The summed E-state index contributed by atoms with van der Waals surface area (Å²) in [5, 5.41) is 16.7. The Morgan fingerprint density at radius 1 is 1.06 bits per heavy atom. The van der Waals surface area contributed by atoms with Crippen molar-refractivity contribution >= 4 is 22.3 Å². The second-order valence-electron chi connectivity index (χ2n) is 9.45. The number of anilines is 2. The Morgan fingerprint density at radius 3 is 2.41 bits per heavy atom. The molecule has 4 rings (SSSR count). The van der Waals surface area contributed by atoms with Crippen LogP contribution in [0.25, 0.3) is 11.0 Å². The summed E-state index contributed by atoms with van der Waals surface area (Å²) in [7, 11) is 0. The van der Waals surface area contributed by atoms with Gasteiger partial charge in [0.1, 0.15) is 11.6 Å². The molecule has 2 aromatic heterocycles. The molecule has 1 unspecified atom stereocenters. The molecule has 2 aromatic carbocycles. The average molecular weight is 461 g/mol. The van der Waals surface area contributed by atoms with Crippen molar-refractivity contribution in [1.29, 1.82) is 0 Å². The highest BCUT2D eigenvalue weighted by Crippen LogP contribution is 2.29. The number of rotatable bonds is 7. The molecule has 0 saturated heterocycles. The smallest absolute Gasteiger partial charge is 0.342 e. The molecule has 4 aromatic rings. The molecule has 0 aliphatic heterocycles. The van der Waals surface area contributed by atoms with Crippen LogP contribution in [0.3, 0.4) is 0 Å². The number of nitrogens with one attached hydrogen (secondary N) is 1. The topological polar surface area (TPSA) is 89.1 Å². The van der Waals surface area contributed by atoms with Crippen molar-refractivity contribution in [3.63, 3.8) is 0 Å². The zero-order valence-corrected chi connectivity index (χ0v) is 20.7. The normalized spacial score (nSPS) is 12.6. The van der Waals surface area contributed by atoms with Crippen LogP contribution in [0, 0.1) is 6.92 Å². The molecule has 2 heterocycles. The zero-order chi connectivity index (χ0) is 24.5. The largest absolute Gasteiger partial charge is 0.422 e. The Hall–Kier alpha value is -3.68. The average Bonchev–Trinajstić information content (AvgIpc) is 3.30. The third kappa shape index (κ3) is 4.66. The van der Waals surface area contributed by atoms with Gasteiger partial charge in [-0.25, -0.2) is 9.48 Å².